The Bertz CT molecular complexity index is 734. The molecule has 0 saturated heterocycles. The molecule has 0 atom stereocenters. The van der Waals surface area contributed by atoms with E-state index in [1.165, 1.54) is 12.3 Å². The molecule has 0 aromatic heterocycles. The van der Waals surface area contributed by atoms with Crippen molar-refractivity contribution in [3.8, 4) is 0 Å². The fourth-order valence-electron chi connectivity index (χ4n) is 1.56. The highest BCUT2D eigenvalue weighted by Crippen LogP contribution is 2.14. The first-order valence-corrected chi connectivity index (χ1v) is 7.37. The number of carbonyl (C=O) groups is 2. The average molecular weight is 381 g/mol. The van der Waals surface area contributed by atoms with Crippen LogP contribution in [0.3, 0.4) is 0 Å². The van der Waals surface area contributed by atoms with E-state index in [4.69, 9.17) is 11.6 Å². The molecule has 2 amide bonds. The number of benzene rings is 2. The van der Waals surface area contributed by atoms with Gasteiger partial charge >= 0.3 is 11.8 Å². The number of anilines is 1. The Morgan fingerprint density at radius 1 is 1.09 bits per heavy atom. The van der Waals surface area contributed by atoms with E-state index in [2.05, 4.69) is 31.8 Å². The van der Waals surface area contributed by atoms with E-state index in [-0.39, 0.29) is 0 Å². The van der Waals surface area contributed by atoms with Crippen LogP contribution in [0.5, 0.6) is 0 Å². The molecule has 0 bridgehead atoms. The van der Waals surface area contributed by atoms with Crippen LogP contribution in [-0.4, -0.2) is 18.0 Å². The maximum absolute atomic E-state index is 11.7. The molecule has 112 valence electrons. The molecule has 0 aliphatic heterocycles. The Kier molecular flexibility index (Phi) is 5.68. The average Bonchev–Trinajstić information content (AvgIpc) is 2.47. The zero-order chi connectivity index (χ0) is 15.9. The van der Waals surface area contributed by atoms with Crippen LogP contribution in [-0.2, 0) is 9.59 Å². The van der Waals surface area contributed by atoms with Crippen molar-refractivity contribution in [1.29, 1.82) is 0 Å². The van der Waals surface area contributed by atoms with Crippen molar-refractivity contribution in [2.45, 2.75) is 0 Å². The minimum absolute atomic E-state index is 0.434. The van der Waals surface area contributed by atoms with Gasteiger partial charge in [0.15, 0.2) is 0 Å². The van der Waals surface area contributed by atoms with Crippen molar-refractivity contribution in [1.82, 2.24) is 5.43 Å². The van der Waals surface area contributed by atoms with E-state index >= 15 is 0 Å². The van der Waals surface area contributed by atoms with Crippen LogP contribution in [0.1, 0.15) is 5.56 Å². The van der Waals surface area contributed by atoms with Gasteiger partial charge in [0.25, 0.3) is 0 Å². The standard InChI is InChI=1S/C15H11BrClN3O2/c16-11-4-1-3-10(7-11)9-18-20-15(22)14(21)19-13-6-2-5-12(17)8-13/h1-9H,(H,19,21)(H,20,22). The van der Waals surface area contributed by atoms with Crippen molar-refractivity contribution >= 4 is 51.2 Å². The van der Waals surface area contributed by atoms with Gasteiger partial charge in [-0.15, -0.1) is 0 Å². The zero-order valence-corrected chi connectivity index (χ0v) is 13.6. The van der Waals surface area contributed by atoms with Crippen molar-refractivity contribution in [3.63, 3.8) is 0 Å². The molecule has 0 heterocycles. The Labute approximate surface area is 140 Å². The third kappa shape index (κ3) is 4.98. The predicted octanol–water partition coefficient (Wildman–Crippen LogP) is 3.19. The number of nitrogens with one attached hydrogen (secondary N) is 2. The lowest BCUT2D eigenvalue weighted by atomic mass is 10.2. The molecule has 0 spiro atoms. The molecule has 2 rings (SSSR count). The van der Waals surface area contributed by atoms with Gasteiger partial charge in [-0.25, -0.2) is 5.43 Å². The highest BCUT2D eigenvalue weighted by molar-refractivity contribution is 9.10. The highest BCUT2D eigenvalue weighted by Gasteiger charge is 2.12. The van der Waals surface area contributed by atoms with E-state index in [1.54, 1.807) is 18.2 Å². The van der Waals surface area contributed by atoms with Gasteiger partial charge in [-0.1, -0.05) is 45.7 Å². The number of hydrogen-bond donors (Lipinski definition) is 2. The summed E-state index contributed by atoms with van der Waals surface area (Å²) in [6, 6.07) is 13.8. The van der Waals surface area contributed by atoms with Crippen molar-refractivity contribution in [2.75, 3.05) is 5.32 Å². The number of rotatable bonds is 3. The van der Waals surface area contributed by atoms with E-state index in [1.807, 2.05) is 24.3 Å². The second kappa shape index (κ2) is 7.72. The first-order valence-electron chi connectivity index (χ1n) is 6.20. The second-order valence-electron chi connectivity index (χ2n) is 4.22. The summed E-state index contributed by atoms with van der Waals surface area (Å²) in [5.41, 5.74) is 3.37. The van der Waals surface area contributed by atoms with Gasteiger partial charge < -0.3 is 5.32 Å². The SMILES string of the molecule is O=C(NN=Cc1cccc(Br)c1)C(=O)Nc1cccc(Cl)c1. The van der Waals surface area contributed by atoms with Crippen molar-refractivity contribution in [3.05, 3.63) is 63.6 Å². The number of hydrazone groups is 1. The first-order chi connectivity index (χ1) is 10.5. The molecule has 2 aromatic rings. The van der Waals surface area contributed by atoms with Crippen LogP contribution in [0, 0.1) is 0 Å². The molecule has 22 heavy (non-hydrogen) atoms. The first kappa shape index (κ1) is 16.2. The summed E-state index contributed by atoms with van der Waals surface area (Å²) in [5, 5.41) is 6.62. The van der Waals surface area contributed by atoms with Gasteiger partial charge in [-0.3, -0.25) is 9.59 Å². The molecule has 2 aromatic carbocycles. The molecule has 0 saturated carbocycles. The van der Waals surface area contributed by atoms with E-state index in [0.717, 1.165) is 10.0 Å². The number of amides is 2. The summed E-state index contributed by atoms with van der Waals surface area (Å²) >= 11 is 9.12. The summed E-state index contributed by atoms with van der Waals surface area (Å²) in [7, 11) is 0. The van der Waals surface area contributed by atoms with Crippen molar-refractivity contribution in [2.24, 2.45) is 5.10 Å². The van der Waals surface area contributed by atoms with Crippen molar-refractivity contribution < 1.29 is 9.59 Å². The van der Waals surface area contributed by atoms with Crippen LogP contribution >= 0.6 is 27.5 Å². The van der Waals surface area contributed by atoms with E-state index in [0.29, 0.717) is 10.7 Å². The van der Waals surface area contributed by atoms with Gasteiger partial charge in [0.05, 0.1) is 6.21 Å². The maximum Gasteiger partial charge on any atom is 0.329 e. The smallest absolute Gasteiger partial charge is 0.318 e. The lowest BCUT2D eigenvalue weighted by Crippen LogP contribution is -2.32. The quantitative estimate of drug-likeness (QED) is 0.488. The monoisotopic (exact) mass is 379 g/mol. The van der Waals surface area contributed by atoms with Gasteiger partial charge in [0, 0.05) is 15.2 Å². The van der Waals surface area contributed by atoms with Gasteiger partial charge in [-0.05, 0) is 35.9 Å². The summed E-state index contributed by atoms with van der Waals surface area (Å²) in [6.07, 6.45) is 1.44. The molecule has 0 unspecified atom stereocenters. The fourth-order valence-corrected chi connectivity index (χ4v) is 2.16. The summed E-state index contributed by atoms with van der Waals surface area (Å²) in [4.78, 5) is 23.3. The molecule has 7 heteroatoms. The zero-order valence-electron chi connectivity index (χ0n) is 11.2. The number of halogens is 2. The van der Waals surface area contributed by atoms with Crippen LogP contribution in [0.4, 0.5) is 5.69 Å². The van der Waals surface area contributed by atoms with Crippen LogP contribution < -0.4 is 10.7 Å². The Hall–Kier alpha value is -2.18. The number of nitrogens with zero attached hydrogens (tertiary/aromatic N) is 1. The minimum Gasteiger partial charge on any atom is -0.318 e. The summed E-state index contributed by atoms with van der Waals surface area (Å²) < 4.78 is 0.890. The molecule has 0 aliphatic rings. The van der Waals surface area contributed by atoms with Gasteiger partial charge in [-0.2, -0.15) is 5.10 Å². The predicted molar refractivity (Wildman–Crippen MR) is 90.0 cm³/mol. The largest absolute Gasteiger partial charge is 0.329 e. The number of carbonyl (C=O) groups excluding carboxylic acids is 2. The fraction of sp³-hybridized carbons (Fsp3) is 0. The van der Waals surface area contributed by atoms with E-state index < -0.39 is 11.8 Å². The summed E-state index contributed by atoms with van der Waals surface area (Å²) in [6.45, 7) is 0. The van der Waals surface area contributed by atoms with Gasteiger partial charge in [0.2, 0.25) is 0 Å². The third-order valence-electron chi connectivity index (χ3n) is 2.52. The van der Waals surface area contributed by atoms with Crippen LogP contribution in [0.2, 0.25) is 5.02 Å². The highest BCUT2D eigenvalue weighted by atomic mass is 79.9. The maximum atomic E-state index is 11.7. The lowest BCUT2D eigenvalue weighted by molar-refractivity contribution is -0.136. The van der Waals surface area contributed by atoms with Crippen LogP contribution in [0.15, 0.2) is 58.1 Å². The minimum atomic E-state index is -0.869. The second-order valence-corrected chi connectivity index (χ2v) is 5.57. The summed E-state index contributed by atoms with van der Waals surface area (Å²) in [5.74, 6) is -1.69. The normalized spacial score (nSPS) is 10.5. The molecule has 5 nitrogen and oxygen atoms in total. The lowest BCUT2D eigenvalue weighted by Gasteiger charge is -2.04. The van der Waals surface area contributed by atoms with Gasteiger partial charge in [0.1, 0.15) is 0 Å². The number of hydrogen-bond acceptors (Lipinski definition) is 3. The Morgan fingerprint density at radius 2 is 1.86 bits per heavy atom. The Morgan fingerprint density at radius 3 is 2.59 bits per heavy atom. The molecule has 0 radical (unpaired) electrons. The molecular weight excluding hydrogens is 370 g/mol. The Balaban J connectivity index is 1.90. The third-order valence-corrected chi connectivity index (χ3v) is 3.25. The molecular formula is C15H11BrClN3O2. The molecule has 0 aliphatic carbocycles. The van der Waals surface area contributed by atoms with E-state index in [9.17, 15) is 9.59 Å². The van der Waals surface area contributed by atoms with Crippen LogP contribution in [0.25, 0.3) is 0 Å². The molecule has 0 fully saturated rings. The topological polar surface area (TPSA) is 70.6 Å². The molecule has 2 N–H and O–H groups in total.